The minimum absolute atomic E-state index is 0.0106. The Bertz CT molecular complexity index is 696. The van der Waals surface area contributed by atoms with Crippen molar-refractivity contribution in [1.29, 1.82) is 0 Å². The largest absolute Gasteiger partial charge is 0.495 e. The monoisotopic (exact) mass is 389 g/mol. The maximum Gasteiger partial charge on any atom is 0.495 e. The number of nitrogens with two attached hydrogens (primary N) is 1. The van der Waals surface area contributed by atoms with Crippen molar-refractivity contribution in [3.8, 4) is 0 Å². The fourth-order valence-electron chi connectivity index (χ4n) is 3.16. The summed E-state index contributed by atoms with van der Waals surface area (Å²) in [6.45, 7) is 16.8. The van der Waals surface area contributed by atoms with Gasteiger partial charge in [0.05, 0.1) is 11.7 Å². The number of carbonyl (C=O) groups excluding carboxylic acids is 1. The van der Waals surface area contributed by atoms with Crippen LogP contribution in [-0.4, -0.2) is 30.8 Å². The van der Waals surface area contributed by atoms with Gasteiger partial charge in [-0.05, 0) is 55.1 Å². The van der Waals surface area contributed by atoms with Crippen LogP contribution in [0, 0.1) is 5.92 Å². The third-order valence-electron chi connectivity index (χ3n) is 5.38. The second-order valence-corrected chi connectivity index (χ2v) is 9.84. The van der Waals surface area contributed by atoms with Crippen molar-refractivity contribution >= 4 is 18.6 Å². The Morgan fingerprint density at radius 2 is 1.96 bits per heavy atom. The lowest BCUT2D eigenvalue weighted by Crippen LogP contribution is -2.39. The summed E-state index contributed by atoms with van der Waals surface area (Å²) in [6.07, 6.45) is 0.570. The molecule has 0 aromatic heterocycles. The van der Waals surface area contributed by atoms with E-state index in [4.69, 9.17) is 19.8 Å². The first-order valence-corrected chi connectivity index (χ1v) is 10.2. The summed E-state index contributed by atoms with van der Waals surface area (Å²) in [5.41, 5.74) is 8.54. The fourth-order valence-corrected chi connectivity index (χ4v) is 3.16. The third-order valence-corrected chi connectivity index (χ3v) is 5.38. The molecular weight excluding hydrogens is 353 g/mol. The van der Waals surface area contributed by atoms with Crippen LogP contribution in [0.15, 0.2) is 18.2 Å². The van der Waals surface area contributed by atoms with Gasteiger partial charge in [-0.3, -0.25) is 4.79 Å². The Hall–Kier alpha value is -1.37. The lowest BCUT2D eigenvalue weighted by atomic mass is 9.73. The molecule has 6 heteroatoms. The van der Waals surface area contributed by atoms with Gasteiger partial charge in [-0.2, -0.15) is 0 Å². The van der Waals surface area contributed by atoms with Crippen molar-refractivity contribution in [2.24, 2.45) is 11.7 Å². The molecule has 0 saturated carbocycles. The Balaban J connectivity index is 2.25. The molecule has 1 unspecified atom stereocenters. The highest BCUT2D eigenvalue weighted by atomic mass is 16.7. The van der Waals surface area contributed by atoms with Crippen molar-refractivity contribution in [2.75, 3.05) is 0 Å². The Kier molecular flexibility index (Phi) is 7.01. The first-order chi connectivity index (χ1) is 12.8. The molecule has 0 spiro atoms. The normalized spacial score (nSPS) is 20.5. The van der Waals surface area contributed by atoms with Crippen LogP contribution >= 0.6 is 0 Å². The number of hydrogen-bond donors (Lipinski definition) is 1. The summed E-state index contributed by atoms with van der Waals surface area (Å²) in [4.78, 5) is 12.3. The van der Waals surface area contributed by atoms with Gasteiger partial charge in [0.25, 0.3) is 0 Å². The molecule has 0 radical (unpaired) electrons. The molecule has 156 valence electrons. The molecule has 1 saturated heterocycles. The van der Waals surface area contributed by atoms with E-state index >= 15 is 0 Å². The molecule has 1 aliphatic rings. The van der Waals surface area contributed by atoms with Crippen molar-refractivity contribution in [3.63, 3.8) is 0 Å². The molecule has 2 atom stereocenters. The Morgan fingerprint density at radius 3 is 2.46 bits per heavy atom. The molecule has 0 amide bonds. The summed E-state index contributed by atoms with van der Waals surface area (Å²) >= 11 is 0. The summed E-state index contributed by atoms with van der Waals surface area (Å²) in [6, 6.07) is 5.58. The van der Waals surface area contributed by atoms with Crippen LogP contribution in [0.2, 0.25) is 0 Å². The van der Waals surface area contributed by atoms with E-state index in [1.165, 1.54) is 5.56 Å². The van der Waals surface area contributed by atoms with Crippen molar-refractivity contribution < 1.29 is 18.8 Å². The van der Waals surface area contributed by atoms with Gasteiger partial charge in [0.2, 0.25) is 0 Å². The molecule has 2 N–H and O–H groups in total. The minimum atomic E-state index is -0.602. The molecular formula is C22H36BNO4. The van der Waals surface area contributed by atoms with E-state index < -0.39 is 13.2 Å². The summed E-state index contributed by atoms with van der Waals surface area (Å²) in [5, 5.41) is 0. The first-order valence-electron chi connectivity index (χ1n) is 10.2. The average Bonchev–Trinajstić information content (AvgIpc) is 2.84. The van der Waals surface area contributed by atoms with Gasteiger partial charge in [0.1, 0.15) is 12.6 Å². The highest BCUT2D eigenvalue weighted by molar-refractivity contribution is 6.62. The maximum absolute atomic E-state index is 12.3. The van der Waals surface area contributed by atoms with E-state index in [0.717, 1.165) is 11.0 Å². The fraction of sp³-hybridized carbons (Fsp3) is 0.682. The minimum Gasteiger partial charge on any atom is -0.460 e. The zero-order valence-corrected chi connectivity index (χ0v) is 18.7. The third kappa shape index (κ3) is 5.59. The molecule has 1 aliphatic heterocycles. The number of esters is 1. The molecule has 1 heterocycles. The van der Waals surface area contributed by atoms with Gasteiger partial charge in [0, 0.05) is 0 Å². The summed E-state index contributed by atoms with van der Waals surface area (Å²) in [5.74, 6) is -0.0327. The van der Waals surface area contributed by atoms with Gasteiger partial charge < -0.3 is 19.8 Å². The van der Waals surface area contributed by atoms with Gasteiger partial charge >= 0.3 is 13.1 Å². The molecule has 1 fully saturated rings. The highest BCUT2D eigenvalue weighted by Gasteiger charge is 2.45. The van der Waals surface area contributed by atoms with Crippen molar-refractivity contribution in [2.45, 2.75) is 91.6 Å². The predicted octanol–water partition coefficient (Wildman–Crippen LogP) is 3.31. The highest BCUT2D eigenvalue weighted by Crippen LogP contribution is 2.29. The van der Waals surface area contributed by atoms with Crippen LogP contribution in [0.3, 0.4) is 0 Å². The van der Waals surface area contributed by atoms with Crippen molar-refractivity contribution in [1.82, 2.24) is 0 Å². The van der Waals surface area contributed by atoms with E-state index in [-0.39, 0.29) is 29.7 Å². The van der Waals surface area contributed by atoms with E-state index in [9.17, 15) is 4.79 Å². The number of rotatable bonds is 6. The molecule has 28 heavy (non-hydrogen) atoms. The van der Waals surface area contributed by atoms with E-state index in [1.807, 2.05) is 40.7 Å². The SMILES string of the molecule is CC(C)C[C@H](N)C(=O)OCc1ccc(C(C)(C)C)cc1B1OC(C)C(C)(C)O1. The zero-order valence-electron chi connectivity index (χ0n) is 18.7. The Labute approximate surface area is 170 Å². The number of benzene rings is 1. The topological polar surface area (TPSA) is 70.8 Å². The van der Waals surface area contributed by atoms with Crippen LogP contribution in [-0.2, 0) is 30.9 Å². The summed E-state index contributed by atoms with van der Waals surface area (Å²) < 4.78 is 17.8. The molecule has 1 aromatic carbocycles. The van der Waals surface area contributed by atoms with Gasteiger partial charge in [-0.1, -0.05) is 52.8 Å². The van der Waals surface area contributed by atoms with Gasteiger partial charge in [-0.25, -0.2) is 0 Å². The molecule has 0 bridgehead atoms. The summed E-state index contributed by atoms with van der Waals surface area (Å²) in [7, 11) is -0.481. The maximum atomic E-state index is 12.3. The second-order valence-electron chi connectivity index (χ2n) is 9.84. The van der Waals surface area contributed by atoms with Crippen LogP contribution in [0.25, 0.3) is 0 Å². The van der Waals surface area contributed by atoms with E-state index in [2.05, 4.69) is 32.9 Å². The second kappa shape index (κ2) is 8.56. The van der Waals surface area contributed by atoms with Crippen LogP contribution < -0.4 is 11.2 Å². The van der Waals surface area contributed by atoms with E-state index in [0.29, 0.717) is 12.3 Å². The number of ether oxygens (including phenoxy) is 1. The molecule has 5 nitrogen and oxygen atoms in total. The van der Waals surface area contributed by atoms with Crippen molar-refractivity contribution in [3.05, 3.63) is 29.3 Å². The smallest absolute Gasteiger partial charge is 0.460 e. The molecule has 1 aromatic rings. The molecule has 0 aliphatic carbocycles. The lowest BCUT2D eigenvalue weighted by Gasteiger charge is -2.23. The lowest BCUT2D eigenvalue weighted by molar-refractivity contribution is -0.146. The standard InChI is InChI=1S/C22H36BNO4/c1-14(2)11-19(24)20(25)26-13-16-9-10-17(21(4,5)6)12-18(16)23-27-15(3)22(7,8)28-23/h9-10,12,14-15,19H,11,13,24H2,1-8H3/t15?,19-/m0/s1. The van der Waals surface area contributed by atoms with E-state index in [1.54, 1.807) is 0 Å². The average molecular weight is 389 g/mol. The van der Waals surface area contributed by atoms with Gasteiger partial charge in [0.15, 0.2) is 0 Å². The predicted molar refractivity (Wildman–Crippen MR) is 113 cm³/mol. The zero-order chi connectivity index (χ0) is 21.3. The van der Waals surface area contributed by atoms with Crippen LogP contribution in [0.1, 0.15) is 72.9 Å². The Morgan fingerprint density at radius 1 is 1.32 bits per heavy atom. The molecule has 2 rings (SSSR count). The number of hydrogen-bond acceptors (Lipinski definition) is 5. The quantitative estimate of drug-likeness (QED) is 0.597. The van der Waals surface area contributed by atoms with Gasteiger partial charge in [-0.15, -0.1) is 0 Å². The first kappa shape index (κ1) is 22.9. The number of carbonyl (C=O) groups is 1. The van der Waals surface area contributed by atoms with Crippen LogP contribution in [0.5, 0.6) is 0 Å². The van der Waals surface area contributed by atoms with Crippen LogP contribution in [0.4, 0.5) is 0 Å².